The van der Waals surface area contributed by atoms with E-state index in [0.717, 1.165) is 5.56 Å². The highest BCUT2D eigenvalue weighted by Gasteiger charge is 2.23. The Hall–Kier alpha value is -3.82. The molecule has 0 saturated heterocycles. The van der Waals surface area contributed by atoms with Crippen LogP contribution < -0.4 is 10.9 Å². The molecule has 9 heteroatoms. The zero-order valence-electron chi connectivity index (χ0n) is 19.5. The van der Waals surface area contributed by atoms with Crippen LogP contribution in [0.4, 0.5) is 5.69 Å². The van der Waals surface area contributed by atoms with E-state index in [1.165, 1.54) is 21.1 Å². The van der Waals surface area contributed by atoms with Crippen LogP contribution in [0.3, 0.4) is 0 Å². The Morgan fingerprint density at radius 2 is 1.57 bits per heavy atom. The molecule has 0 spiro atoms. The number of nitrogens with zero attached hydrogens (tertiary/aromatic N) is 3. The van der Waals surface area contributed by atoms with E-state index in [2.05, 4.69) is 10.4 Å². The van der Waals surface area contributed by atoms with Gasteiger partial charge in [0.15, 0.2) is 5.69 Å². The molecule has 0 fully saturated rings. The molecule has 0 radical (unpaired) electrons. The summed E-state index contributed by atoms with van der Waals surface area (Å²) in [7, 11) is -3.68. The van der Waals surface area contributed by atoms with Crippen molar-refractivity contribution in [3.8, 4) is 0 Å². The van der Waals surface area contributed by atoms with Crippen molar-refractivity contribution in [2.75, 3.05) is 18.4 Å². The van der Waals surface area contributed by atoms with Crippen molar-refractivity contribution < 1.29 is 13.2 Å². The van der Waals surface area contributed by atoms with Crippen LogP contribution in [-0.2, 0) is 16.6 Å². The first-order chi connectivity index (χ1) is 16.8. The number of fused-ring (bicyclic) bond motifs is 1. The molecule has 1 aromatic heterocycles. The summed E-state index contributed by atoms with van der Waals surface area (Å²) in [5.41, 5.74) is 0.967. The van der Waals surface area contributed by atoms with Crippen LogP contribution in [0.2, 0.25) is 0 Å². The molecule has 4 aromatic rings. The molecule has 0 unspecified atom stereocenters. The lowest BCUT2D eigenvalue weighted by Crippen LogP contribution is -2.30. The van der Waals surface area contributed by atoms with Crippen LogP contribution in [0.1, 0.15) is 29.9 Å². The topological polar surface area (TPSA) is 101 Å². The molecule has 3 aromatic carbocycles. The lowest BCUT2D eigenvalue weighted by Gasteiger charge is -2.19. The number of rotatable bonds is 8. The van der Waals surface area contributed by atoms with E-state index >= 15 is 0 Å². The van der Waals surface area contributed by atoms with Crippen LogP contribution >= 0.6 is 0 Å². The number of anilines is 1. The summed E-state index contributed by atoms with van der Waals surface area (Å²) >= 11 is 0. The highest BCUT2D eigenvalue weighted by Crippen LogP contribution is 2.21. The summed E-state index contributed by atoms with van der Waals surface area (Å²) in [6.07, 6.45) is 0. The van der Waals surface area contributed by atoms with E-state index < -0.39 is 15.9 Å². The lowest BCUT2D eigenvalue weighted by molar-refractivity contribution is 0.102. The molecule has 4 rings (SSSR count). The number of carbonyl (C=O) groups excluding carboxylic acids is 1. The van der Waals surface area contributed by atoms with Gasteiger partial charge in [0.1, 0.15) is 0 Å². The van der Waals surface area contributed by atoms with Gasteiger partial charge in [-0.15, -0.1) is 0 Å². The molecule has 0 aliphatic carbocycles. The zero-order valence-corrected chi connectivity index (χ0v) is 20.3. The fraction of sp³-hybridized carbons (Fsp3) is 0.192. The number of nitrogens with one attached hydrogen (secondary N) is 1. The molecule has 0 saturated carbocycles. The van der Waals surface area contributed by atoms with E-state index in [1.54, 1.807) is 50.2 Å². The third kappa shape index (κ3) is 5.01. The highest BCUT2D eigenvalue weighted by molar-refractivity contribution is 7.89. The second-order valence-electron chi connectivity index (χ2n) is 7.91. The van der Waals surface area contributed by atoms with Gasteiger partial charge in [-0.25, -0.2) is 13.1 Å². The van der Waals surface area contributed by atoms with Crippen LogP contribution in [0.5, 0.6) is 0 Å². The summed E-state index contributed by atoms with van der Waals surface area (Å²) in [6, 6.07) is 22.3. The number of carbonyl (C=O) groups is 1. The van der Waals surface area contributed by atoms with Crippen molar-refractivity contribution in [1.82, 2.24) is 14.1 Å². The Balaban J connectivity index is 1.72. The van der Waals surface area contributed by atoms with Gasteiger partial charge in [0.25, 0.3) is 11.5 Å². The maximum Gasteiger partial charge on any atom is 0.276 e. The van der Waals surface area contributed by atoms with Crippen molar-refractivity contribution in [2.45, 2.75) is 25.3 Å². The van der Waals surface area contributed by atoms with Gasteiger partial charge >= 0.3 is 0 Å². The van der Waals surface area contributed by atoms with Gasteiger partial charge in [0.2, 0.25) is 10.0 Å². The van der Waals surface area contributed by atoms with Crippen molar-refractivity contribution in [3.05, 3.63) is 100 Å². The maximum absolute atomic E-state index is 13.3. The second-order valence-corrected chi connectivity index (χ2v) is 9.85. The monoisotopic (exact) mass is 490 g/mol. The number of hydrogen-bond donors (Lipinski definition) is 1. The Kier molecular flexibility index (Phi) is 7.09. The Labute approximate surface area is 203 Å². The van der Waals surface area contributed by atoms with Crippen LogP contribution in [0.15, 0.2) is 88.6 Å². The molecule has 0 atom stereocenters. The minimum atomic E-state index is -3.68. The first-order valence-electron chi connectivity index (χ1n) is 11.3. The molecular formula is C26H26N4O4S. The molecule has 0 bridgehead atoms. The smallest absolute Gasteiger partial charge is 0.276 e. The third-order valence-electron chi connectivity index (χ3n) is 5.69. The molecule has 1 N–H and O–H groups in total. The normalized spacial score (nSPS) is 11.6. The van der Waals surface area contributed by atoms with Gasteiger partial charge in [-0.1, -0.05) is 68.4 Å². The minimum absolute atomic E-state index is 0.0770. The molecular weight excluding hydrogens is 464 g/mol. The van der Waals surface area contributed by atoms with Crippen LogP contribution in [0.25, 0.3) is 10.8 Å². The molecule has 1 amide bonds. The molecule has 1 heterocycles. The predicted molar refractivity (Wildman–Crippen MR) is 136 cm³/mol. The van der Waals surface area contributed by atoms with Crippen molar-refractivity contribution in [3.63, 3.8) is 0 Å². The summed E-state index contributed by atoms with van der Waals surface area (Å²) in [6.45, 7) is 4.44. The Bertz CT molecular complexity index is 1530. The SMILES string of the molecule is CCN(CC)S(=O)(=O)c1cccc(NC(=O)c2nn(Cc3ccccc3)c(=O)c3ccccc23)c1. The Morgan fingerprint density at radius 1 is 0.914 bits per heavy atom. The van der Waals surface area contributed by atoms with Gasteiger partial charge in [0.05, 0.1) is 16.8 Å². The number of hydrogen-bond acceptors (Lipinski definition) is 5. The molecule has 0 aliphatic rings. The van der Waals surface area contributed by atoms with Crippen LogP contribution in [-0.4, -0.2) is 41.5 Å². The maximum atomic E-state index is 13.3. The van der Waals surface area contributed by atoms with E-state index in [9.17, 15) is 18.0 Å². The average molecular weight is 491 g/mol. The van der Waals surface area contributed by atoms with Gasteiger partial charge in [0, 0.05) is 24.2 Å². The third-order valence-corrected chi connectivity index (χ3v) is 7.74. The lowest BCUT2D eigenvalue weighted by atomic mass is 10.1. The standard InChI is InChI=1S/C26H26N4O4S/c1-3-29(4-2)35(33,34)21-14-10-13-20(17-21)27-25(31)24-22-15-8-9-16-23(22)26(32)30(28-24)18-19-11-6-5-7-12-19/h5-17H,3-4,18H2,1-2H3,(H,27,31). The number of amides is 1. The van der Waals surface area contributed by atoms with Gasteiger partial charge in [-0.05, 0) is 29.8 Å². The van der Waals surface area contributed by atoms with Gasteiger partial charge < -0.3 is 5.32 Å². The number of benzene rings is 3. The molecule has 35 heavy (non-hydrogen) atoms. The van der Waals surface area contributed by atoms with Crippen LogP contribution in [0, 0.1) is 0 Å². The zero-order chi connectivity index (χ0) is 25.0. The fourth-order valence-corrected chi connectivity index (χ4v) is 5.41. The summed E-state index contributed by atoms with van der Waals surface area (Å²) in [5, 5.41) is 7.93. The summed E-state index contributed by atoms with van der Waals surface area (Å²) < 4.78 is 28.4. The fourth-order valence-electron chi connectivity index (χ4n) is 3.90. The predicted octanol–water partition coefficient (Wildman–Crippen LogP) is 3.73. The first-order valence-corrected chi connectivity index (χ1v) is 12.7. The van der Waals surface area contributed by atoms with Crippen molar-refractivity contribution >= 4 is 32.4 Å². The summed E-state index contributed by atoms with van der Waals surface area (Å²) in [4.78, 5) is 26.4. The molecule has 0 aliphatic heterocycles. The highest BCUT2D eigenvalue weighted by atomic mass is 32.2. The van der Waals surface area contributed by atoms with E-state index in [4.69, 9.17) is 0 Å². The van der Waals surface area contributed by atoms with Gasteiger partial charge in [-0.3, -0.25) is 9.59 Å². The molecule has 180 valence electrons. The second kappa shape index (κ2) is 10.2. The number of sulfonamides is 1. The van der Waals surface area contributed by atoms with Crippen molar-refractivity contribution in [1.29, 1.82) is 0 Å². The quantitative estimate of drug-likeness (QED) is 0.406. The number of aromatic nitrogens is 2. The Morgan fingerprint density at radius 3 is 2.26 bits per heavy atom. The largest absolute Gasteiger partial charge is 0.321 e. The first kappa shape index (κ1) is 24.3. The van der Waals surface area contributed by atoms with E-state index in [1.807, 2.05) is 30.3 Å². The minimum Gasteiger partial charge on any atom is -0.321 e. The van der Waals surface area contributed by atoms with E-state index in [-0.39, 0.29) is 22.7 Å². The summed E-state index contributed by atoms with van der Waals surface area (Å²) in [5.74, 6) is -0.541. The average Bonchev–Trinajstić information content (AvgIpc) is 2.87. The molecule has 8 nitrogen and oxygen atoms in total. The van der Waals surface area contributed by atoms with Gasteiger partial charge in [-0.2, -0.15) is 9.40 Å². The van der Waals surface area contributed by atoms with Crippen molar-refractivity contribution in [2.24, 2.45) is 0 Å². The van der Waals surface area contributed by atoms with E-state index in [0.29, 0.717) is 29.5 Å².